The van der Waals surface area contributed by atoms with E-state index in [1.807, 2.05) is 6.92 Å². The van der Waals surface area contributed by atoms with Gasteiger partial charge in [0.1, 0.15) is 5.82 Å². The third kappa shape index (κ3) is 3.40. The van der Waals surface area contributed by atoms with Gasteiger partial charge in [-0.15, -0.1) is 0 Å². The molecule has 0 aliphatic carbocycles. The topological polar surface area (TPSA) is 66.5 Å². The zero-order chi connectivity index (χ0) is 16.5. The normalized spacial score (nSPS) is 17.0. The predicted octanol–water partition coefficient (Wildman–Crippen LogP) is 2.02. The second-order valence-corrected chi connectivity index (χ2v) is 8.23. The largest absolute Gasteiger partial charge is 0.331 e. The zero-order valence-corrected chi connectivity index (χ0v) is 13.8. The Hall–Kier alpha value is -1.63. The molecular weight excluding hydrogens is 307 g/mol. The summed E-state index contributed by atoms with van der Waals surface area (Å²) in [5, 5.41) is 2.35. The van der Waals surface area contributed by atoms with Crippen LogP contribution in [-0.4, -0.2) is 43.4 Å². The number of urea groups is 1. The number of nitrogens with one attached hydrogen (secondary N) is 1. The highest BCUT2D eigenvalue weighted by molar-refractivity contribution is 7.92. The molecule has 0 unspecified atom stereocenters. The number of amides is 2. The van der Waals surface area contributed by atoms with Gasteiger partial charge >= 0.3 is 6.03 Å². The molecule has 1 N–H and O–H groups in total. The number of halogens is 1. The Bertz CT molecular complexity index is 669. The van der Waals surface area contributed by atoms with E-state index in [9.17, 15) is 17.6 Å². The van der Waals surface area contributed by atoms with E-state index in [0.29, 0.717) is 5.56 Å². The van der Waals surface area contributed by atoms with E-state index in [0.717, 1.165) is 5.56 Å². The molecule has 2 amide bonds. The Balaban J connectivity index is 1.92. The Morgan fingerprint density at radius 1 is 1.45 bits per heavy atom. The number of carbonyl (C=O) groups excluding carboxylic acids is 1. The van der Waals surface area contributed by atoms with Crippen LogP contribution in [-0.2, 0) is 9.84 Å². The summed E-state index contributed by atoms with van der Waals surface area (Å²) in [4.78, 5) is 13.5. The van der Waals surface area contributed by atoms with E-state index in [2.05, 4.69) is 5.32 Å². The monoisotopic (exact) mass is 328 g/mol. The van der Waals surface area contributed by atoms with Gasteiger partial charge in [0.05, 0.1) is 11.3 Å². The molecular formula is C15H21FN2O3S. The first-order valence-electron chi connectivity index (χ1n) is 7.27. The average molecular weight is 328 g/mol. The molecule has 1 aliphatic heterocycles. The molecule has 1 heterocycles. The second-order valence-electron chi connectivity index (χ2n) is 5.66. The number of carbonyl (C=O) groups is 1. The first-order valence-corrected chi connectivity index (χ1v) is 8.99. The van der Waals surface area contributed by atoms with Gasteiger partial charge in [-0.2, -0.15) is 0 Å². The van der Waals surface area contributed by atoms with E-state index in [4.69, 9.17) is 0 Å². The van der Waals surface area contributed by atoms with E-state index < -0.39 is 15.1 Å². The van der Waals surface area contributed by atoms with Gasteiger partial charge in [-0.1, -0.05) is 19.1 Å². The Morgan fingerprint density at radius 2 is 2.09 bits per heavy atom. The number of hydrogen-bond donors (Lipinski definition) is 1. The number of benzene rings is 1. The van der Waals surface area contributed by atoms with Crippen LogP contribution in [0.4, 0.5) is 9.18 Å². The van der Waals surface area contributed by atoms with Crippen molar-refractivity contribution in [1.29, 1.82) is 0 Å². The molecule has 122 valence electrons. The molecule has 1 aliphatic rings. The van der Waals surface area contributed by atoms with Crippen LogP contribution in [0.5, 0.6) is 0 Å². The van der Waals surface area contributed by atoms with Crippen LogP contribution in [0.3, 0.4) is 0 Å². The van der Waals surface area contributed by atoms with Crippen LogP contribution < -0.4 is 5.32 Å². The summed E-state index contributed by atoms with van der Waals surface area (Å²) in [6.45, 7) is 5.55. The number of likely N-dealkylation sites (tertiary alicyclic amines) is 1. The van der Waals surface area contributed by atoms with Crippen molar-refractivity contribution in [2.75, 3.05) is 18.8 Å². The molecule has 1 fully saturated rings. The number of sulfone groups is 1. The van der Waals surface area contributed by atoms with Crippen LogP contribution in [0.2, 0.25) is 0 Å². The average Bonchev–Trinajstić information content (AvgIpc) is 2.39. The van der Waals surface area contributed by atoms with Gasteiger partial charge in [0.15, 0.2) is 9.84 Å². The number of aryl methyl sites for hydroxylation is 1. The lowest BCUT2D eigenvalue weighted by Crippen LogP contribution is -2.59. The van der Waals surface area contributed by atoms with Gasteiger partial charge in [-0.05, 0) is 31.0 Å². The van der Waals surface area contributed by atoms with Crippen LogP contribution >= 0.6 is 0 Å². The number of hydrogen-bond acceptors (Lipinski definition) is 3. The van der Waals surface area contributed by atoms with Gasteiger partial charge in [-0.3, -0.25) is 0 Å². The summed E-state index contributed by atoms with van der Waals surface area (Å²) in [5.41, 5.74) is 1.34. The number of nitrogens with zero attached hydrogens (tertiary/aromatic N) is 1. The third-order valence-electron chi connectivity index (χ3n) is 4.07. The molecule has 0 spiro atoms. The quantitative estimate of drug-likeness (QED) is 0.919. The summed E-state index contributed by atoms with van der Waals surface area (Å²) >= 11 is 0. The first-order chi connectivity index (χ1) is 10.2. The molecule has 2 rings (SSSR count). The lowest BCUT2D eigenvalue weighted by molar-refractivity contribution is 0.166. The van der Waals surface area contributed by atoms with Gasteiger partial charge < -0.3 is 10.2 Å². The van der Waals surface area contributed by atoms with Crippen molar-refractivity contribution in [3.8, 4) is 0 Å². The second kappa shape index (κ2) is 6.24. The molecule has 0 saturated carbocycles. The number of rotatable bonds is 4. The van der Waals surface area contributed by atoms with E-state index in [-0.39, 0.29) is 36.7 Å². The summed E-state index contributed by atoms with van der Waals surface area (Å²) < 4.78 is 36.6. The minimum atomic E-state index is -3.08. The van der Waals surface area contributed by atoms with E-state index in [1.165, 1.54) is 11.0 Å². The Labute approximate surface area is 130 Å². The van der Waals surface area contributed by atoms with Gasteiger partial charge in [0.25, 0.3) is 0 Å². The fourth-order valence-corrected chi connectivity index (χ4v) is 3.65. The molecule has 1 aromatic carbocycles. The minimum Gasteiger partial charge on any atom is -0.331 e. The van der Waals surface area contributed by atoms with Crippen molar-refractivity contribution in [3.05, 3.63) is 35.1 Å². The fraction of sp³-hybridized carbons (Fsp3) is 0.533. The van der Waals surface area contributed by atoms with E-state index >= 15 is 0 Å². The minimum absolute atomic E-state index is 0.0956. The molecule has 0 bridgehead atoms. The molecule has 1 atom stereocenters. The highest BCUT2D eigenvalue weighted by Crippen LogP contribution is 2.20. The SMILES string of the molecule is CCS(=O)(=O)C1CN(C(=O)N[C@H](C)c2ccc(F)c(C)c2)C1. The van der Waals surface area contributed by atoms with Crippen molar-refractivity contribution < 1.29 is 17.6 Å². The highest BCUT2D eigenvalue weighted by Gasteiger charge is 2.38. The lowest BCUT2D eigenvalue weighted by atomic mass is 10.1. The molecule has 22 heavy (non-hydrogen) atoms. The summed E-state index contributed by atoms with van der Waals surface area (Å²) in [6, 6.07) is 4.14. The summed E-state index contributed by atoms with van der Waals surface area (Å²) in [5.74, 6) is -0.184. The maximum Gasteiger partial charge on any atom is 0.317 e. The van der Waals surface area contributed by atoms with Crippen LogP contribution in [0.15, 0.2) is 18.2 Å². The smallest absolute Gasteiger partial charge is 0.317 e. The Kier molecular flexibility index (Phi) is 4.75. The summed E-state index contributed by atoms with van der Waals surface area (Å²) in [6.07, 6.45) is 0. The molecule has 1 aromatic rings. The summed E-state index contributed by atoms with van der Waals surface area (Å²) in [7, 11) is -3.08. The van der Waals surface area contributed by atoms with Crippen molar-refractivity contribution in [3.63, 3.8) is 0 Å². The Morgan fingerprint density at radius 3 is 2.64 bits per heavy atom. The van der Waals surface area contributed by atoms with Crippen molar-refractivity contribution in [1.82, 2.24) is 10.2 Å². The van der Waals surface area contributed by atoms with Crippen LogP contribution in [0.1, 0.15) is 31.0 Å². The van der Waals surface area contributed by atoms with Crippen molar-refractivity contribution >= 4 is 15.9 Å². The van der Waals surface area contributed by atoms with Crippen LogP contribution in [0, 0.1) is 12.7 Å². The maximum absolute atomic E-state index is 13.3. The predicted molar refractivity (Wildman–Crippen MR) is 82.9 cm³/mol. The zero-order valence-electron chi connectivity index (χ0n) is 13.0. The molecule has 7 heteroatoms. The van der Waals surface area contributed by atoms with Crippen LogP contribution in [0.25, 0.3) is 0 Å². The van der Waals surface area contributed by atoms with Gasteiger partial charge in [0, 0.05) is 18.8 Å². The maximum atomic E-state index is 13.3. The molecule has 5 nitrogen and oxygen atoms in total. The van der Waals surface area contributed by atoms with Crippen molar-refractivity contribution in [2.45, 2.75) is 32.1 Å². The van der Waals surface area contributed by atoms with Gasteiger partial charge in [0.2, 0.25) is 0 Å². The molecule has 1 saturated heterocycles. The first kappa shape index (κ1) is 16.7. The fourth-order valence-electron chi connectivity index (χ4n) is 2.36. The van der Waals surface area contributed by atoms with Gasteiger partial charge in [-0.25, -0.2) is 17.6 Å². The standard InChI is InChI=1S/C15H21FN2O3S/c1-4-22(20,21)13-8-18(9-13)15(19)17-11(3)12-5-6-14(16)10(2)7-12/h5-7,11,13H,4,8-9H2,1-3H3,(H,17,19)/t11-/m1/s1. The lowest BCUT2D eigenvalue weighted by Gasteiger charge is -2.39. The molecule has 0 radical (unpaired) electrons. The molecule has 0 aromatic heterocycles. The van der Waals surface area contributed by atoms with E-state index in [1.54, 1.807) is 26.0 Å². The highest BCUT2D eigenvalue weighted by atomic mass is 32.2. The van der Waals surface area contributed by atoms with Crippen molar-refractivity contribution in [2.24, 2.45) is 0 Å². The third-order valence-corrected chi connectivity index (χ3v) is 6.19.